The molecule has 0 spiro atoms. The lowest BCUT2D eigenvalue weighted by atomic mass is 9.93. The molecular formula is C13H18N2O5S. The summed E-state index contributed by atoms with van der Waals surface area (Å²) < 4.78 is 0. The van der Waals surface area contributed by atoms with E-state index in [2.05, 4.69) is 12.6 Å². The number of nitrogens with two attached hydrogens (primary N) is 1. The van der Waals surface area contributed by atoms with Crippen molar-refractivity contribution in [3.8, 4) is 0 Å². The second kappa shape index (κ2) is 7.94. The van der Waals surface area contributed by atoms with Crippen molar-refractivity contribution in [2.24, 2.45) is 11.7 Å². The topological polar surface area (TPSA) is 118 Å². The smallest absolute Gasteiger partial charge is 0.314 e. The van der Waals surface area contributed by atoms with Crippen LogP contribution in [0.3, 0.4) is 0 Å². The highest BCUT2D eigenvalue weighted by Gasteiger charge is 2.29. The normalized spacial score (nSPS) is 17.1. The van der Waals surface area contributed by atoms with E-state index in [1.807, 2.05) is 0 Å². The summed E-state index contributed by atoms with van der Waals surface area (Å²) in [5.74, 6) is -3.59. The molecule has 0 radical (unpaired) electrons. The fourth-order valence-electron chi connectivity index (χ4n) is 2.01. The van der Waals surface area contributed by atoms with E-state index in [-0.39, 0.29) is 30.5 Å². The minimum absolute atomic E-state index is 0.0884. The van der Waals surface area contributed by atoms with Gasteiger partial charge in [0, 0.05) is 24.4 Å². The third kappa shape index (κ3) is 4.68. The molecule has 0 aromatic heterocycles. The molecule has 0 bridgehead atoms. The summed E-state index contributed by atoms with van der Waals surface area (Å²) >= 11 is 3.88. The number of carbonyl (C=O) groups is 4. The van der Waals surface area contributed by atoms with E-state index in [1.165, 1.54) is 12.2 Å². The van der Waals surface area contributed by atoms with Crippen molar-refractivity contribution in [2.45, 2.75) is 25.3 Å². The second-order valence-corrected chi connectivity index (χ2v) is 5.10. The Balaban J connectivity index is 2.41. The first-order valence-electron chi connectivity index (χ1n) is 6.55. The molecule has 1 aliphatic rings. The van der Waals surface area contributed by atoms with Crippen LogP contribution < -0.4 is 5.73 Å². The third-order valence-corrected chi connectivity index (χ3v) is 3.62. The number of aliphatic carboxylic acids is 1. The van der Waals surface area contributed by atoms with E-state index in [0.717, 1.165) is 4.90 Å². The molecule has 0 aromatic rings. The Kier molecular flexibility index (Phi) is 6.57. The first kappa shape index (κ1) is 17.4. The Morgan fingerprint density at radius 1 is 1.24 bits per heavy atom. The van der Waals surface area contributed by atoms with Gasteiger partial charge in [-0.05, 0) is 12.8 Å². The number of amides is 2. The Bertz CT molecular complexity index is 459. The Labute approximate surface area is 127 Å². The second-order valence-electron chi connectivity index (χ2n) is 4.74. The number of rotatable bonds is 9. The molecule has 8 heteroatoms. The zero-order valence-electron chi connectivity index (χ0n) is 11.4. The molecule has 1 heterocycles. The van der Waals surface area contributed by atoms with Gasteiger partial charge in [-0.1, -0.05) is 6.42 Å². The summed E-state index contributed by atoms with van der Waals surface area (Å²) in [6.45, 7) is 0.212. The van der Waals surface area contributed by atoms with Crippen LogP contribution in [0, 0.1) is 5.92 Å². The summed E-state index contributed by atoms with van der Waals surface area (Å²) in [5.41, 5.74) is 5.50. The molecule has 21 heavy (non-hydrogen) atoms. The number of Topliss-reactive ketones (excluding diaryl/α,β-unsaturated/α-hetero) is 1. The molecule has 7 nitrogen and oxygen atoms in total. The molecule has 1 aliphatic heterocycles. The summed E-state index contributed by atoms with van der Waals surface area (Å²) in [6.07, 6.45) is 3.35. The van der Waals surface area contributed by atoms with Gasteiger partial charge >= 0.3 is 5.97 Å². The Morgan fingerprint density at radius 2 is 1.81 bits per heavy atom. The molecule has 116 valence electrons. The molecule has 2 atom stereocenters. The SMILES string of the molecule is N[C@@H](CS)C(=O)C(CCCCN1C(=O)C=CC1=O)C(=O)O. The van der Waals surface area contributed by atoms with Crippen molar-refractivity contribution >= 4 is 36.2 Å². The van der Waals surface area contributed by atoms with Gasteiger partial charge in [0.2, 0.25) is 0 Å². The average Bonchev–Trinajstić information content (AvgIpc) is 2.76. The summed E-state index contributed by atoms with van der Waals surface area (Å²) in [7, 11) is 0. The molecule has 0 saturated carbocycles. The highest BCUT2D eigenvalue weighted by molar-refractivity contribution is 7.80. The molecule has 1 unspecified atom stereocenters. The van der Waals surface area contributed by atoms with Crippen molar-refractivity contribution < 1.29 is 24.3 Å². The molecule has 1 rings (SSSR count). The lowest BCUT2D eigenvalue weighted by molar-refractivity contribution is -0.147. The fraction of sp³-hybridized carbons (Fsp3) is 0.538. The van der Waals surface area contributed by atoms with E-state index >= 15 is 0 Å². The van der Waals surface area contributed by atoms with Crippen LogP contribution in [0.25, 0.3) is 0 Å². The molecule has 3 N–H and O–H groups in total. The summed E-state index contributed by atoms with van der Waals surface area (Å²) in [6, 6.07) is -0.902. The number of thiol groups is 1. The van der Waals surface area contributed by atoms with Gasteiger partial charge in [0.25, 0.3) is 11.8 Å². The minimum Gasteiger partial charge on any atom is -0.481 e. The maximum absolute atomic E-state index is 11.8. The van der Waals surface area contributed by atoms with Crippen LogP contribution >= 0.6 is 12.6 Å². The number of carboxylic acid groups (broad SMARTS) is 1. The van der Waals surface area contributed by atoms with Crippen LogP contribution in [0.4, 0.5) is 0 Å². The number of hydrogen-bond acceptors (Lipinski definition) is 6. The first-order chi connectivity index (χ1) is 9.88. The number of carboxylic acids is 1. The van der Waals surface area contributed by atoms with Gasteiger partial charge in [-0.25, -0.2) is 0 Å². The van der Waals surface area contributed by atoms with Gasteiger partial charge in [-0.15, -0.1) is 0 Å². The molecular weight excluding hydrogens is 296 g/mol. The van der Waals surface area contributed by atoms with Gasteiger partial charge in [0.1, 0.15) is 5.92 Å². The Morgan fingerprint density at radius 3 is 2.29 bits per heavy atom. The predicted octanol–water partition coefficient (Wildman–Crippen LogP) is -0.391. The van der Waals surface area contributed by atoms with Crippen molar-refractivity contribution in [1.29, 1.82) is 0 Å². The quantitative estimate of drug-likeness (QED) is 0.231. The molecule has 0 saturated heterocycles. The van der Waals surface area contributed by atoms with Crippen LogP contribution in [0.1, 0.15) is 19.3 Å². The Hall–Kier alpha value is -1.67. The van der Waals surface area contributed by atoms with Gasteiger partial charge in [-0.2, -0.15) is 12.6 Å². The van der Waals surface area contributed by atoms with E-state index in [9.17, 15) is 19.2 Å². The van der Waals surface area contributed by atoms with Crippen molar-refractivity contribution in [3.63, 3.8) is 0 Å². The molecule has 0 aliphatic carbocycles. The largest absolute Gasteiger partial charge is 0.481 e. The monoisotopic (exact) mass is 314 g/mol. The average molecular weight is 314 g/mol. The fourth-order valence-corrected chi connectivity index (χ4v) is 2.19. The van der Waals surface area contributed by atoms with E-state index in [4.69, 9.17) is 10.8 Å². The lowest BCUT2D eigenvalue weighted by Gasteiger charge is -2.16. The molecule has 0 fully saturated rings. The maximum Gasteiger partial charge on any atom is 0.314 e. The number of ketones is 1. The van der Waals surface area contributed by atoms with E-state index < -0.39 is 23.7 Å². The van der Waals surface area contributed by atoms with Gasteiger partial charge in [-0.3, -0.25) is 24.1 Å². The zero-order chi connectivity index (χ0) is 16.0. The molecule has 0 aromatic carbocycles. The van der Waals surface area contributed by atoms with Crippen molar-refractivity contribution in [1.82, 2.24) is 4.90 Å². The number of unbranched alkanes of at least 4 members (excludes halogenated alkanes) is 1. The summed E-state index contributed by atoms with van der Waals surface area (Å²) in [4.78, 5) is 46.6. The van der Waals surface area contributed by atoms with Crippen LogP contribution in [0.15, 0.2) is 12.2 Å². The van der Waals surface area contributed by atoms with Crippen molar-refractivity contribution in [2.75, 3.05) is 12.3 Å². The van der Waals surface area contributed by atoms with E-state index in [1.54, 1.807) is 0 Å². The highest BCUT2D eigenvalue weighted by Crippen LogP contribution is 2.14. The number of nitrogens with zero attached hydrogens (tertiary/aromatic N) is 1. The third-order valence-electron chi connectivity index (χ3n) is 3.23. The van der Waals surface area contributed by atoms with Crippen LogP contribution in [-0.4, -0.2) is 51.9 Å². The number of carbonyl (C=O) groups excluding carboxylic acids is 3. The number of imide groups is 1. The maximum atomic E-state index is 11.8. The van der Waals surface area contributed by atoms with Crippen LogP contribution in [0.5, 0.6) is 0 Å². The van der Waals surface area contributed by atoms with Crippen LogP contribution in [-0.2, 0) is 19.2 Å². The van der Waals surface area contributed by atoms with Crippen LogP contribution in [0.2, 0.25) is 0 Å². The molecule has 2 amide bonds. The summed E-state index contributed by atoms with van der Waals surface area (Å²) in [5, 5.41) is 9.05. The lowest BCUT2D eigenvalue weighted by Crippen LogP contribution is -2.40. The standard InChI is InChI=1S/C13H18N2O5S/c14-9(7-21)12(18)8(13(19)20)3-1-2-6-15-10(16)4-5-11(15)17/h4-5,8-9,21H,1-3,6-7,14H2,(H,19,20)/t8?,9-/m0/s1. The van der Waals surface area contributed by atoms with Gasteiger partial charge in [0.05, 0.1) is 6.04 Å². The zero-order valence-corrected chi connectivity index (χ0v) is 12.3. The van der Waals surface area contributed by atoms with E-state index in [0.29, 0.717) is 12.8 Å². The highest BCUT2D eigenvalue weighted by atomic mass is 32.1. The minimum atomic E-state index is -1.22. The number of hydrogen-bond donors (Lipinski definition) is 3. The predicted molar refractivity (Wildman–Crippen MR) is 77.7 cm³/mol. The van der Waals surface area contributed by atoms with Gasteiger partial charge in [0.15, 0.2) is 5.78 Å². The van der Waals surface area contributed by atoms with Crippen molar-refractivity contribution in [3.05, 3.63) is 12.2 Å². The first-order valence-corrected chi connectivity index (χ1v) is 7.18. The van der Waals surface area contributed by atoms with Gasteiger partial charge < -0.3 is 10.8 Å².